The van der Waals surface area contributed by atoms with Crippen molar-refractivity contribution in [2.45, 2.75) is 18.7 Å². The van der Waals surface area contributed by atoms with Gasteiger partial charge in [-0.3, -0.25) is 0 Å². The summed E-state index contributed by atoms with van der Waals surface area (Å²) >= 11 is 11.8. The van der Waals surface area contributed by atoms with E-state index in [1.54, 1.807) is 6.07 Å². The molecule has 0 spiro atoms. The lowest BCUT2D eigenvalue weighted by Gasteiger charge is -2.10. The van der Waals surface area contributed by atoms with Crippen LogP contribution in [0.2, 0.25) is 5.02 Å². The fraction of sp³-hybridized carbons (Fsp3) is 0.400. The van der Waals surface area contributed by atoms with Gasteiger partial charge in [0, 0.05) is 0 Å². The largest absolute Gasteiger partial charge is 0.490 e. The maximum absolute atomic E-state index is 5.90. The van der Waals surface area contributed by atoms with Crippen molar-refractivity contribution in [1.82, 2.24) is 0 Å². The fourth-order valence-electron chi connectivity index (χ4n) is 0.860. The van der Waals surface area contributed by atoms with E-state index in [1.807, 2.05) is 25.1 Å². The number of benzene rings is 1. The highest BCUT2D eigenvalue weighted by atomic mass is 35.5. The number of rotatable bonds is 4. The molecule has 0 N–H and O–H groups in total. The predicted octanol–water partition coefficient (Wildman–Crippen LogP) is 3.74. The minimum absolute atomic E-state index is 0.0521. The van der Waals surface area contributed by atoms with Crippen LogP contribution in [0.5, 0.6) is 5.75 Å². The van der Waals surface area contributed by atoms with Crippen molar-refractivity contribution >= 4 is 23.2 Å². The Hall–Kier alpha value is -0.400. The molecule has 0 aromatic heterocycles. The third-order valence-corrected chi connectivity index (χ3v) is 2.45. The summed E-state index contributed by atoms with van der Waals surface area (Å²) in [7, 11) is 0. The quantitative estimate of drug-likeness (QED) is 0.701. The van der Waals surface area contributed by atoms with Gasteiger partial charge in [-0.1, -0.05) is 30.7 Å². The molecule has 0 bridgehead atoms. The number of ether oxygens (including phenoxy) is 1. The molecule has 0 amide bonds. The van der Waals surface area contributed by atoms with Gasteiger partial charge < -0.3 is 4.74 Å². The number of hydrogen-bond donors (Lipinski definition) is 0. The first-order chi connectivity index (χ1) is 6.24. The number of alkyl halides is 1. The molecule has 0 aliphatic rings. The molecule has 1 unspecified atom stereocenters. The van der Waals surface area contributed by atoms with E-state index in [9.17, 15) is 0 Å². The zero-order valence-corrected chi connectivity index (χ0v) is 8.98. The molecule has 1 aromatic rings. The normalized spacial score (nSPS) is 12.5. The van der Waals surface area contributed by atoms with Crippen LogP contribution >= 0.6 is 23.2 Å². The summed E-state index contributed by atoms with van der Waals surface area (Å²) in [5.74, 6) is 0.697. The van der Waals surface area contributed by atoms with Gasteiger partial charge in [-0.25, -0.2) is 0 Å². The monoisotopic (exact) mass is 218 g/mol. The van der Waals surface area contributed by atoms with Gasteiger partial charge in [0.05, 0.1) is 10.4 Å². The maximum atomic E-state index is 5.90. The van der Waals surface area contributed by atoms with Crippen LogP contribution in [0.3, 0.4) is 0 Å². The standard InChI is InChI=1S/C10H12Cl2O/c1-2-8(11)7-13-10-6-4-3-5-9(10)12/h3-6,8H,2,7H2,1H3. The average molecular weight is 219 g/mol. The molecule has 0 aliphatic carbocycles. The summed E-state index contributed by atoms with van der Waals surface area (Å²) in [4.78, 5) is 0. The Morgan fingerprint density at radius 1 is 1.38 bits per heavy atom. The summed E-state index contributed by atoms with van der Waals surface area (Å²) < 4.78 is 5.43. The van der Waals surface area contributed by atoms with Gasteiger partial charge in [-0.05, 0) is 18.6 Å². The van der Waals surface area contributed by atoms with Gasteiger partial charge in [0.15, 0.2) is 0 Å². The first-order valence-electron chi connectivity index (χ1n) is 4.25. The molecule has 0 fully saturated rings. The molecule has 1 aromatic carbocycles. The van der Waals surface area contributed by atoms with E-state index in [0.717, 1.165) is 6.42 Å². The molecular weight excluding hydrogens is 207 g/mol. The van der Waals surface area contributed by atoms with Gasteiger partial charge in [0.2, 0.25) is 0 Å². The van der Waals surface area contributed by atoms with Crippen LogP contribution in [-0.4, -0.2) is 12.0 Å². The lowest BCUT2D eigenvalue weighted by molar-refractivity contribution is 0.313. The SMILES string of the molecule is CCC(Cl)COc1ccccc1Cl. The summed E-state index contributed by atoms with van der Waals surface area (Å²) in [6, 6.07) is 7.39. The highest BCUT2D eigenvalue weighted by molar-refractivity contribution is 6.32. The lowest BCUT2D eigenvalue weighted by Crippen LogP contribution is -2.10. The average Bonchev–Trinajstić information content (AvgIpc) is 2.16. The van der Waals surface area contributed by atoms with E-state index < -0.39 is 0 Å². The molecule has 1 nitrogen and oxygen atoms in total. The minimum Gasteiger partial charge on any atom is -0.490 e. The van der Waals surface area contributed by atoms with Crippen molar-refractivity contribution in [3.8, 4) is 5.75 Å². The number of halogens is 2. The van der Waals surface area contributed by atoms with Crippen molar-refractivity contribution < 1.29 is 4.74 Å². The second-order valence-corrected chi connectivity index (χ2v) is 3.77. The molecule has 0 radical (unpaired) electrons. The van der Waals surface area contributed by atoms with Crippen LogP contribution in [0.25, 0.3) is 0 Å². The molecule has 1 atom stereocenters. The van der Waals surface area contributed by atoms with Crippen LogP contribution in [0, 0.1) is 0 Å². The number of hydrogen-bond acceptors (Lipinski definition) is 1. The van der Waals surface area contributed by atoms with E-state index in [0.29, 0.717) is 17.4 Å². The number of para-hydroxylation sites is 1. The van der Waals surface area contributed by atoms with Gasteiger partial charge in [0.25, 0.3) is 0 Å². The van der Waals surface area contributed by atoms with Crippen molar-refractivity contribution in [3.63, 3.8) is 0 Å². The second kappa shape index (κ2) is 5.36. The van der Waals surface area contributed by atoms with Crippen LogP contribution in [-0.2, 0) is 0 Å². The molecule has 0 aliphatic heterocycles. The van der Waals surface area contributed by atoms with Crippen molar-refractivity contribution in [1.29, 1.82) is 0 Å². The van der Waals surface area contributed by atoms with E-state index >= 15 is 0 Å². The van der Waals surface area contributed by atoms with E-state index in [2.05, 4.69) is 0 Å². The zero-order chi connectivity index (χ0) is 9.68. The Bertz CT molecular complexity index is 263. The smallest absolute Gasteiger partial charge is 0.137 e. The highest BCUT2D eigenvalue weighted by Crippen LogP contribution is 2.23. The molecule has 0 saturated heterocycles. The van der Waals surface area contributed by atoms with E-state index in [4.69, 9.17) is 27.9 Å². The summed E-state index contributed by atoms with van der Waals surface area (Å²) in [6.45, 7) is 2.52. The Balaban J connectivity index is 2.50. The Morgan fingerprint density at radius 3 is 2.69 bits per heavy atom. The Labute approximate surface area is 88.6 Å². The Kier molecular flexibility index (Phi) is 4.40. The predicted molar refractivity (Wildman–Crippen MR) is 56.9 cm³/mol. The summed E-state index contributed by atoms with van der Waals surface area (Å²) in [5.41, 5.74) is 0. The van der Waals surface area contributed by atoms with E-state index in [1.165, 1.54) is 0 Å². The van der Waals surface area contributed by atoms with Crippen LogP contribution < -0.4 is 4.74 Å². The molecule has 13 heavy (non-hydrogen) atoms. The summed E-state index contributed by atoms with van der Waals surface area (Å²) in [6.07, 6.45) is 0.895. The van der Waals surface area contributed by atoms with Gasteiger partial charge in [0.1, 0.15) is 12.4 Å². The molecule has 0 heterocycles. The topological polar surface area (TPSA) is 9.23 Å². The minimum atomic E-state index is 0.0521. The molecule has 1 rings (SSSR count). The summed E-state index contributed by atoms with van der Waals surface area (Å²) in [5, 5.41) is 0.679. The van der Waals surface area contributed by atoms with Crippen LogP contribution in [0.4, 0.5) is 0 Å². The van der Waals surface area contributed by atoms with Gasteiger partial charge in [-0.2, -0.15) is 0 Å². The first-order valence-corrected chi connectivity index (χ1v) is 5.07. The molecule has 72 valence electrons. The second-order valence-electron chi connectivity index (χ2n) is 2.75. The van der Waals surface area contributed by atoms with Crippen molar-refractivity contribution in [2.75, 3.05) is 6.61 Å². The maximum Gasteiger partial charge on any atom is 0.137 e. The zero-order valence-electron chi connectivity index (χ0n) is 7.47. The third-order valence-electron chi connectivity index (χ3n) is 1.70. The first kappa shape index (κ1) is 10.7. The lowest BCUT2D eigenvalue weighted by atomic mass is 10.3. The molecule has 0 saturated carbocycles. The molecule has 3 heteroatoms. The third kappa shape index (κ3) is 3.45. The van der Waals surface area contributed by atoms with Crippen LogP contribution in [0.15, 0.2) is 24.3 Å². The van der Waals surface area contributed by atoms with Crippen molar-refractivity contribution in [2.24, 2.45) is 0 Å². The fourth-order valence-corrected chi connectivity index (χ4v) is 1.11. The van der Waals surface area contributed by atoms with Gasteiger partial charge >= 0.3 is 0 Å². The Morgan fingerprint density at radius 2 is 2.08 bits per heavy atom. The van der Waals surface area contributed by atoms with Gasteiger partial charge in [-0.15, -0.1) is 11.6 Å². The molecular formula is C10H12Cl2O. The highest BCUT2D eigenvalue weighted by Gasteiger charge is 2.04. The van der Waals surface area contributed by atoms with Crippen molar-refractivity contribution in [3.05, 3.63) is 29.3 Å². The van der Waals surface area contributed by atoms with E-state index in [-0.39, 0.29) is 5.38 Å². The van der Waals surface area contributed by atoms with Crippen LogP contribution in [0.1, 0.15) is 13.3 Å².